The highest BCUT2D eigenvalue weighted by Gasteiger charge is 2.35. The first-order valence-corrected chi connectivity index (χ1v) is 18.6. The number of piperidine rings is 1. The van der Waals surface area contributed by atoms with Gasteiger partial charge in [-0.2, -0.15) is 22.6 Å². The molecule has 11 nitrogen and oxygen atoms in total. The van der Waals surface area contributed by atoms with Crippen molar-refractivity contribution >= 4 is 21.8 Å². The summed E-state index contributed by atoms with van der Waals surface area (Å²) < 4.78 is 70.5. The van der Waals surface area contributed by atoms with Gasteiger partial charge in [0.15, 0.2) is 0 Å². The molecule has 6 rings (SSSR count). The monoisotopic (exact) mass is 701 g/mol. The molecule has 0 bridgehead atoms. The van der Waals surface area contributed by atoms with E-state index in [4.69, 9.17) is 5.10 Å². The van der Waals surface area contributed by atoms with Crippen LogP contribution in [0.2, 0.25) is 0 Å². The number of amides is 2. The number of hydrogen-bond acceptors (Lipinski definition) is 7. The van der Waals surface area contributed by atoms with Crippen LogP contribution in [-0.4, -0.2) is 94.1 Å². The van der Waals surface area contributed by atoms with E-state index in [0.29, 0.717) is 54.4 Å². The Kier molecular flexibility index (Phi) is 10.4. The van der Waals surface area contributed by atoms with Crippen molar-refractivity contribution in [2.75, 3.05) is 39.0 Å². The lowest BCUT2D eigenvalue weighted by molar-refractivity contribution is -0.138. The number of rotatable bonds is 11. The number of sulfonamides is 1. The van der Waals surface area contributed by atoms with Gasteiger partial charge < -0.3 is 15.1 Å². The quantitative estimate of drug-likeness (QED) is 0.325. The van der Waals surface area contributed by atoms with Gasteiger partial charge in [0.2, 0.25) is 21.8 Å². The summed E-state index contributed by atoms with van der Waals surface area (Å²) in [6.07, 6.45) is 4.31. The average molecular weight is 702 g/mol. The van der Waals surface area contributed by atoms with Gasteiger partial charge in [-0.05, 0) is 67.6 Å². The van der Waals surface area contributed by atoms with E-state index in [-0.39, 0.29) is 31.0 Å². The minimum Gasteiger partial charge on any atom is -0.352 e. The summed E-state index contributed by atoms with van der Waals surface area (Å²) in [4.78, 5) is 33.1. The molecule has 3 aliphatic heterocycles. The van der Waals surface area contributed by atoms with E-state index in [1.807, 2.05) is 9.58 Å². The van der Waals surface area contributed by atoms with Crippen molar-refractivity contribution in [3.63, 3.8) is 0 Å². The van der Waals surface area contributed by atoms with Crippen LogP contribution in [0.15, 0.2) is 42.7 Å². The lowest BCUT2D eigenvalue weighted by Crippen LogP contribution is -2.45. The second-order valence-corrected chi connectivity index (χ2v) is 15.1. The van der Waals surface area contributed by atoms with Gasteiger partial charge in [0.25, 0.3) is 0 Å². The number of likely N-dealkylation sites (tertiary alicyclic amines) is 2. The Morgan fingerprint density at radius 1 is 1.02 bits per heavy atom. The molecule has 5 heterocycles. The molecule has 1 N–H and O–H groups in total. The van der Waals surface area contributed by atoms with E-state index in [2.05, 4.69) is 15.2 Å². The number of alkyl halides is 3. The van der Waals surface area contributed by atoms with Gasteiger partial charge in [-0.1, -0.05) is 6.07 Å². The Hall–Kier alpha value is -3.82. The van der Waals surface area contributed by atoms with E-state index < -0.39 is 27.7 Å². The van der Waals surface area contributed by atoms with E-state index in [1.54, 1.807) is 24.5 Å². The van der Waals surface area contributed by atoms with Crippen LogP contribution >= 0.6 is 0 Å². The number of nitrogens with zero attached hydrogens (tertiary/aromatic N) is 6. The second kappa shape index (κ2) is 14.6. The molecule has 15 heteroatoms. The van der Waals surface area contributed by atoms with E-state index in [0.717, 1.165) is 69.9 Å². The molecule has 0 saturated carbocycles. The number of aromatic nitrogens is 3. The van der Waals surface area contributed by atoms with Crippen LogP contribution in [0.4, 0.5) is 13.2 Å². The Balaban J connectivity index is 1.20. The zero-order chi connectivity index (χ0) is 34.8. The SMILES string of the molecule is CS(=O)(=O)N1CCc2c(c(-c3ccc(C(F)(F)F)c(CNC(=O)Cc4ccncc4)c3)nn2CCCN2CCC(N3CCCC3=O)CC2)C1. The number of hydrogen-bond donors (Lipinski definition) is 1. The first-order valence-electron chi connectivity index (χ1n) is 16.8. The molecule has 49 heavy (non-hydrogen) atoms. The predicted octanol–water partition coefficient (Wildman–Crippen LogP) is 3.62. The van der Waals surface area contributed by atoms with E-state index in [1.165, 1.54) is 16.4 Å². The summed E-state index contributed by atoms with van der Waals surface area (Å²) in [5.41, 5.74) is 2.16. The van der Waals surface area contributed by atoms with Gasteiger partial charge in [0.05, 0.1) is 23.9 Å². The first kappa shape index (κ1) is 35.0. The Morgan fingerprint density at radius 2 is 1.78 bits per heavy atom. The molecule has 0 atom stereocenters. The first-order chi connectivity index (χ1) is 23.4. The van der Waals surface area contributed by atoms with E-state index >= 15 is 0 Å². The lowest BCUT2D eigenvalue weighted by Gasteiger charge is -2.36. The van der Waals surface area contributed by atoms with Crippen molar-refractivity contribution < 1.29 is 31.2 Å². The number of nitrogens with one attached hydrogen (secondary N) is 1. The molecule has 2 aromatic heterocycles. The minimum absolute atomic E-state index is 0.00106. The van der Waals surface area contributed by atoms with Crippen LogP contribution in [0.5, 0.6) is 0 Å². The van der Waals surface area contributed by atoms with Gasteiger partial charge in [0.1, 0.15) is 0 Å². The summed E-state index contributed by atoms with van der Waals surface area (Å²) in [6, 6.07) is 7.42. The van der Waals surface area contributed by atoms with Gasteiger partial charge in [0, 0.05) is 93.9 Å². The predicted molar refractivity (Wildman–Crippen MR) is 176 cm³/mol. The lowest BCUT2D eigenvalue weighted by atomic mass is 9.97. The third-order valence-corrected chi connectivity index (χ3v) is 11.0. The molecule has 3 aliphatic rings. The number of halogens is 3. The van der Waals surface area contributed by atoms with Crippen LogP contribution in [0.3, 0.4) is 0 Å². The molecule has 1 aromatic carbocycles. The third-order valence-electron chi connectivity index (χ3n) is 9.79. The minimum atomic E-state index is -4.64. The molecular weight excluding hydrogens is 659 g/mol. The number of benzene rings is 1. The highest BCUT2D eigenvalue weighted by molar-refractivity contribution is 7.88. The van der Waals surface area contributed by atoms with Crippen molar-refractivity contribution in [1.82, 2.24) is 34.2 Å². The Bertz CT molecular complexity index is 1770. The highest BCUT2D eigenvalue weighted by Crippen LogP contribution is 2.37. The number of carbonyl (C=O) groups excluding carboxylic acids is 2. The fraction of sp³-hybridized carbons (Fsp3) is 0.529. The summed E-state index contributed by atoms with van der Waals surface area (Å²) >= 11 is 0. The molecule has 3 aromatic rings. The normalized spacial score (nSPS) is 18.2. The Labute approximate surface area is 284 Å². The van der Waals surface area contributed by atoms with Crippen LogP contribution in [0.1, 0.15) is 60.1 Å². The van der Waals surface area contributed by atoms with Crippen molar-refractivity contribution in [2.24, 2.45) is 0 Å². The van der Waals surface area contributed by atoms with Crippen molar-refractivity contribution in [3.05, 3.63) is 70.7 Å². The van der Waals surface area contributed by atoms with Gasteiger partial charge >= 0.3 is 6.18 Å². The topological polar surface area (TPSA) is 121 Å². The second-order valence-electron chi connectivity index (χ2n) is 13.1. The van der Waals surface area contributed by atoms with Crippen molar-refractivity contribution in [1.29, 1.82) is 0 Å². The maximum Gasteiger partial charge on any atom is 0.416 e. The molecule has 2 amide bonds. The molecule has 0 radical (unpaired) electrons. The fourth-order valence-corrected chi connectivity index (χ4v) is 8.01. The molecule has 0 aliphatic carbocycles. The molecule has 2 fully saturated rings. The molecule has 0 unspecified atom stereocenters. The standard InChI is InChI=1S/C34H42F3N7O4S/c1-49(47,48)42-19-11-30-28(23-42)33(40-44(30)16-3-14-41-17-9-27(10-18-41)43-15-2-4-32(43)46)25-5-6-29(34(35,36)37)26(21-25)22-39-31(45)20-24-7-12-38-13-8-24/h5-8,12-13,21,27H,2-4,9-11,14-20,22-23H2,1H3,(H,39,45). The average Bonchev–Trinajstić information content (AvgIpc) is 3.66. The maximum absolute atomic E-state index is 14.1. The zero-order valence-corrected chi connectivity index (χ0v) is 28.4. The maximum atomic E-state index is 14.1. The number of aryl methyl sites for hydroxylation is 1. The third kappa shape index (κ3) is 8.32. The molecule has 2 saturated heterocycles. The van der Waals surface area contributed by atoms with Crippen LogP contribution < -0.4 is 5.32 Å². The summed E-state index contributed by atoms with van der Waals surface area (Å²) in [7, 11) is -3.52. The van der Waals surface area contributed by atoms with Crippen molar-refractivity contribution in [3.8, 4) is 11.3 Å². The molecular formula is C34H42F3N7O4S. The fourth-order valence-electron chi connectivity index (χ4n) is 7.23. The summed E-state index contributed by atoms with van der Waals surface area (Å²) in [6.45, 7) is 4.12. The van der Waals surface area contributed by atoms with E-state index in [9.17, 15) is 31.2 Å². The number of pyridine rings is 1. The smallest absolute Gasteiger partial charge is 0.352 e. The van der Waals surface area contributed by atoms with Gasteiger partial charge in [-0.25, -0.2) is 8.42 Å². The summed E-state index contributed by atoms with van der Waals surface area (Å²) in [5.74, 6) is -0.165. The van der Waals surface area contributed by atoms with Crippen LogP contribution in [0, 0.1) is 0 Å². The largest absolute Gasteiger partial charge is 0.416 e. The number of fused-ring (bicyclic) bond motifs is 1. The molecule has 264 valence electrons. The van der Waals surface area contributed by atoms with Crippen LogP contribution in [-0.2, 0) is 58.3 Å². The highest BCUT2D eigenvalue weighted by atomic mass is 32.2. The zero-order valence-electron chi connectivity index (χ0n) is 27.6. The van der Waals surface area contributed by atoms with Crippen molar-refractivity contribution in [2.45, 2.75) is 76.8 Å². The Morgan fingerprint density at radius 3 is 2.45 bits per heavy atom. The van der Waals surface area contributed by atoms with Gasteiger partial charge in [-0.3, -0.25) is 19.3 Å². The van der Waals surface area contributed by atoms with Gasteiger partial charge in [-0.15, -0.1) is 0 Å². The number of carbonyl (C=O) groups is 2. The van der Waals surface area contributed by atoms with Crippen LogP contribution in [0.25, 0.3) is 11.3 Å². The molecule has 0 spiro atoms. The summed E-state index contributed by atoms with van der Waals surface area (Å²) in [5, 5.41) is 7.49.